The molecule has 0 heterocycles. The summed E-state index contributed by atoms with van der Waals surface area (Å²) in [5.41, 5.74) is -1.32. The van der Waals surface area contributed by atoms with Crippen molar-refractivity contribution in [1.82, 2.24) is 0 Å². The van der Waals surface area contributed by atoms with Crippen LogP contribution in [-0.2, 0) is 4.65 Å². The predicted molar refractivity (Wildman–Crippen MR) is 89.4 cm³/mol. The Morgan fingerprint density at radius 2 is 1.71 bits per heavy atom. The first-order valence-electron chi connectivity index (χ1n) is 7.04. The molecule has 0 unspecified atom stereocenters. The summed E-state index contributed by atoms with van der Waals surface area (Å²) in [7, 11) is -1.09. The Labute approximate surface area is 135 Å². The summed E-state index contributed by atoms with van der Waals surface area (Å²) >= 11 is 3.35. The van der Waals surface area contributed by atoms with Gasteiger partial charge in [0, 0.05) is 5.33 Å². The van der Waals surface area contributed by atoms with Crippen LogP contribution in [0.4, 0.5) is 0 Å². The van der Waals surface area contributed by atoms with E-state index in [1.807, 2.05) is 0 Å². The second-order valence-electron chi connectivity index (χ2n) is 6.00. The smallest absolute Gasteiger partial charge is 0.491 e. The second-order valence-corrected chi connectivity index (χ2v) is 6.79. The van der Waals surface area contributed by atoms with E-state index in [9.17, 15) is 10.1 Å². The molecule has 0 spiro atoms. The highest BCUT2D eigenvalue weighted by Gasteiger charge is 2.39. The van der Waals surface area contributed by atoms with E-state index < -0.39 is 18.3 Å². The van der Waals surface area contributed by atoms with Crippen LogP contribution in [0.3, 0.4) is 0 Å². The van der Waals surface area contributed by atoms with Crippen molar-refractivity contribution in [3.05, 3.63) is 24.3 Å². The van der Waals surface area contributed by atoms with Crippen LogP contribution in [0.1, 0.15) is 34.1 Å². The van der Waals surface area contributed by atoms with Gasteiger partial charge < -0.3 is 19.5 Å². The lowest BCUT2D eigenvalue weighted by atomic mass is 9.76. The molecular weight excluding hydrogens is 335 g/mol. The molecule has 0 aliphatic heterocycles. The number of aliphatic hydroxyl groups is 1. The summed E-state index contributed by atoms with van der Waals surface area (Å²) < 4.78 is 11.1. The Morgan fingerprint density at radius 1 is 1.14 bits per heavy atom. The number of rotatable bonds is 8. The fourth-order valence-electron chi connectivity index (χ4n) is 1.46. The van der Waals surface area contributed by atoms with Crippen molar-refractivity contribution in [3.63, 3.8) is 0 Å². The predicted octanol–water partition coefficient (Wildman–Crippen LogP) is 2.10. The summed E-state index contributed by atoms with van der Waals surface area (Å²) in [5, 5.41) is 21.1. The van der Waals surface area contributed by atoms with Gasteiger partial charge in [0.15, 0.2) is 0 Å². The van der Waals surface area contributed by atoms with Gasteiger partial charge in [-0.15, -0.1) is 0 Å². The van der Waals surface area contributed by atoms with Crippen LogP contribution >= 0.6 is 15.9 Å². The van der Waals surface area contributed by atoms with Crippen molar-refractivity contribution in [2.45, 2.75) is 45.3 Å². The van der Waals surface area contributed by atoms with Gasteiger partial charge in [-0.25, -0.2) is 0 Å². The summed E-state index contributed by atoms with van der Waals surface area (Å²) in [6.45, 7) is 7.44. The fourth-order valence-corrected chi connectivity index (χ4v) is 1.69. The molecule has 21 heavy (non-hydrogen) atoms. The van der Waals surface area contributed by atoms with Crippen LogP contribution in [0.5, 0.6) is 5.75 Å². The Hall–Kier alpha value is -0.555. The van der Waals surface area contributed by atoms with Gasteiger partial charge in [0.1, 0.15) is 5.75 Å². The van der Waals surface area contributed by atoms with Crippen LogP contribution in [0.2, 0.25) is 0 Å². The van der Waals surface area contributed by atoms with Crippen LogP contribution in [-0.4, -0.2) is 40.4 Å². The maximum atomic E-state index is 10.1. The Bertz CT molecular complexity index is 428. The topological polar surface area (TPSA) is 58.9 Å². The fraction of sp³-hybridized carbons (Fsp3) is 0.600. The molecule has 1 aromatic rings. The van der Waals surface area contributed by atoms with Crippen molar-refractivity contribution < 1.29 is 19.5 Å². The van der Waals surface area contributed by atoms with Crippen LogP contribution in [0, 0.1) is 0 Å². The first kappa shape index (κ1) is 18.5. The summed E-state index contributed by atoms with van der Waals surface area (Å²) in [4.78, 5) is 0. The van der Waals surface area contributed by atoms with Gasteiger partial charge in [-0.3, -0.25) is 0 Å². The Morgan fingerprint density at radius 3 is 2.19 bits per heavy atom. The average molecular weight is 359 g/mol. The molecule has 0 aliphatic rings. The number of alkyl halides is 1. The zero-order chi connectivity index (χ0) is 16.1. The van der Waals surface area contributed by atoms with Crippen LogP contribution < -0.4 is 10.2 Å². The van der Waals surface area contributed by atoms with Gasteiger partial charge in [-0.05, 0) is 51.7 Å². The van der Waals surface area contributed by atoms with Crippen molar-refractivity contribution in [3.8, 4) is 5.75 Å². The number of halogens is 1. The highest BCUT2D eigenvalue weighted by atomic mass is 79.9. The standard InChI is InChI=1S/C15H24BBrO4/c1-14(2,18)15(3,4)21-16(19)12-6-8-13(9-7-12)20-11-5-10-17/h6-9,18-19H,5,10-11H2,1-4H3. The van der Waals surface area contributed by atoms with Gasteiger partial charge in [0.2, 0.25) is 0 Å². The molecule has 6 heteroatoms. The van der Waals surface area contributed by atoms with E-state index in [0.717, 1.165) is 17.5 Å². The molecule has 0 bridgehead atoms. The molecule has 0 aromatic heterocycles. The Balaban J connectivity index is 2.65. The van der Waals surface area contributed by atoms with Crippen molar-refractivity contribution in [1.29, 1.82) is 0 Å². The van der Waals surface area contributed by atoms with E-state index >= 15 is 0 Å². The molecule has 118 valence electrons. The Kier molecular flexibility index (Phi) is 6.72. The molecule has 0 atom stereocenters. The highest BCUT2D eigenvalue weighted by Crippen LogP contribution is 2.25. The number of ether oxygens (including phenoxy) is 1. The first-order valence-corrected chi connectivity index (χ1v) is 8.16. The van der Waals surface area contributed by atoms with E-state index in [4.69, 9.17) is 9.39 Å². The second kappa shape index (κ2) is 7.63. The van der Waals surface area contributed by atoms with Gasteiger partial charge in [0.05, 0.1) is 17.8 Å². The monoisotopic (exact) mass is 358 g/mol. The largest absolute Gasteiger partial charge is 0.494 e. The molecule has 0 amide bonds. The van der Waals surface area contributed by atoms with Crippen molar-refractivity contribution in [2.75, 3.05) is 11.9 Å². The molecule has 0 radical (unpaired) electrons. The minimum absolute atomic E-state index is 0.625. The molecule has 0 aliphatic carbocycles. The number of hydrogen-bond donors (Lipinski definition) is 2. The van der Waals surface area contributed by atoms with Gasteiger partial charge >= 0.3 is 7.12 Å². The SMILES string of the molecule is CC(C)(O)C(C)(C)OB(O)c1ccc(OCCCBr)cc1. The third-order valence-electron chi connectivity index (χ3n) is 3.59. The van der Waals surface area contributed by atoms with Crippen molar-refractivity contribution >= 4 is 28.5 Å². The molecule has 1 aromatic carbocycles. The number of benzene rings is 1. The molecule has 0 saturated carbocycles. The summed E-state index contributed by atoms with van der Waals surface area (Å²) in [6, 6.07) is 7.11. The van der Waals surface area contributed by atoms with E-state index in [2.05, 4.69) is 15.9 Å². The van der Waals surface area contributed by atoms with Crippen LogP contribution in [0.15, 0.2) is 24.3 Å². The van der Waals surface area contributed by atoms with Gasteiger partial charge in [-0.2, -0.15) is 0 Å². The zero-order valence-corrected chi connectivity index (χ0v) is 14.7. The number of hydrogen-bond acceptors (Lipinski definition) is 4. The van der Waals surface area contributed by atoms with E-state index in [-0.39, 0.29) is 0 Å². The minimum atomic E-state index is -1.09. The highest BCUT2D eigenvalue weighted by molar-refractivity contribution is 9.09. The first-order chi connectivity index (χ1) is 9.67. The molecule has 4 nitrogen and oxygen atoms in total. The molecule has 2 N–H and O–H groups in total. The lowest BCUT2D eigenvalue weighted by Crippen LogP contribution is -2.53. The van der Waals surface area contributed by atoms with E-state index in [1.54, 1.807) is 52.0 Å². The maximum absolute atomic E-state index is 10.1. The molecule has 0 saturated heterocycles. The minimum Gasteiger partial charge on any atom is -0.494 e. The summed E-state index contributed by atoms with van der Waals surface area (Å²) in [5.74, 6) is 0.758. The van der Waals surface area contributed by atoms with E-state index in [0.29, 0.717) is 12.1 Å². The lowest BCUT2D eigenvalue weighted by Gasteiger charge is -2.38. The molecule has 0 fully saturated rings. The molecular formula is C15H24BBrO4. The molecule has 1 rings (SSSR count). The zero-order valence-electron chi connectivity index (χ0n) is 13.1. The maximum Gasteiger partial charge on any atom is 0.491 e. The van der Waals surface area contributed by atoms with Gasteiger partial charge in [-0.1, -0.05) is 28.1 Å². The normalized spacial score (nSPS) is 12.3. The van der Waals surface area contributed by atoms with Crippen molar-refractivity contribution in [2.24, 2.45) is 0 Å². The quantitative estimate of drug-likeness (QED) is 0.424. The van der Waals surface area contributed by atoms with Gasteiger partial charge in [0.25, 0.3) is 0 Å². The summed E-state index contributed by atoms with van der Waals surface area (Å²) in [6.07, 6.45) is 0.938. The third kappa shape index (κ3) is 5.62. The van der Waals surface area contributed by atoms with Crippen LogP contribution in [0.25, 0.3) is 0 Å². The average Bonchev–Trinajstić information content (AvgIpc) is 2.38. The lowest BCUT2D eigenvalue weighted by molar-refractivity contribution is -0.0982. The third-order valence-corrected chi connectivity index (χ3v) is 4.15. The van der Waals surface area contributed by atoms with E-state index in [1.165, 1.54) is 0 Å².